The van der Waals surface area contributed by atoms with Crippen molar-refractivity contribution in [1.82, 2.24) is 9.97 Å². The van der Waals surface area contributed by atoms with Gasteiger partial charge >= 0.3 is 0 Å². The Morgan fingerprint density at radius 2 is 1.00 bits per heavy atom. The quantitative estimate of drug-likeness (QED) is 0.182. The normalized spacial score (nSPS) is 13.0. The maximum atomic E-state index is 5.16. The third-order valence-electron chi connectivity index (χ3n) is 10.6. The van der Waals surface area contributed by atoms with Crippen molar-refractivity contribution in [2.24, 2.45) is 0 Å². The maximum absolute atomic E-state index is 5.16. The van der Waals surface area contributed by atoms with Crippen LogP contribution in [0.2, 0.25) is 0 Å². The second kappa shape index (κ2) is 11.7. The largest absolute Gasteiger partial charge is 0.228 e. The van der Waals surface area contributed by atoms with Crippen LogP contribution in [-0.4, -0.2) is 9.97 Å². The van der Waals surface area contributed by atoms with Crippen LogP contribution in [0.4, 0.5) is 0 Å². The molecule has 0 saturated carbocycles. The second-order valence-corrected chi connectivity index (χ2v) is 14.5. The molecule has 0 spiro atoms. The molecule has 3 heteroatoms. The van der Waals surface area contributed by atoms with Gasteiger partial charge in [-0.3, -0.25) is 0 Å². The van der Waals surface area contributed by atoms with Crippen molar-refractivity contribution in [1.29, 1.82) is 0 Å². The average molecular weight is 669 g/mol. The summed E-state index contributed by atoms with van der Waals surface area (Å²) in [7, 11) is 0. The van der Waals surface area contributed by atoms with Crippen molar-refractivity contribution < 1.29 is 0 Å². The van der Waals surface area contributed by atoms with Crippen molar-refractivity contribution in [3.63, 3.8) is 0 Å². The van der Waals surface area contributed by atoms with Gasteiger partial charge in [0.1, 0.15) is 0 Å². The maximum Gasteiger partial charge on any atom is 0.160 e. The highest BCUT2D eigenvalue weighted by Gasteiger charge is 2.40. The Hall–Kier alpha value is -6.16. The van der Waals surface area contributed by atoms with Crippen molar-refractivity contribution in [2.75, 3.05) is 0 Å². The van der Waals surface area contributed by atoms with Gasteiger partial charge in [0, 0.05) is 42.3 Å². The second-order valence-electron chi connectivity index (χ2n) is 13.5. The molecule has 0 radical (unpaired) electrons. The van der Waals surface area contributed by atoms with E-state index in [0.29, 0.717) is 0 Å². The summed E-state index contributed by atoms with van der Waals surface area (Å²) in [4.78, 5) is 10.3. The molecule has 0 saturated heterocycles. The molecule has 0 aliphatic heterocycles. The molecule has 1 aliphatic carbocycles. The molecular weight excluding hydrogens is 637 g/mol. The standard InChI is InChI=1S/C48H32N2S/c1-48(41-22-8-5-17-37(41)38-18-6-9-23-42(38)48)35-27-25-31(26-28-35)43-30-44(50-47(49-43)32-13-3-2-4-14-32)34-16-11-15-33(29-34)36-20-12-21-40-39-19-7-10-24-45(39)51-46(36)40/h2-30H,1H3. The zero-order valence-electron chi connectivity index (χ0n) is 28.0. The van der Waals surface area contributed by atoms with Crippen molar-refractivity contribution >= 4 is 31.5 Å². The molecule has 0 atom stereocenters. The van der Waals surface area contributed by atoms with Crippen LogP contribution in [0.5, 0.6) is 0 Å². The molecule has 51 heavy (non-hydrogen) atoms. The Morgan fingerprint density at radius 3 is 1.76 bits per heavy atom. The van der Waals surface area contributed by atoms with E-state index in [1.54, 1.807) is 0 Å². The van der Waals surface area contributed by atoms with E-state index in [-0.39, 0.29) is 5.41 Å². The van der Waals surface area contributed by atoms with Crippen LogP contribution >= 0.6 is 11.3 Å². The molecule has 2 nitrogen and oxygen atoms in total. The average Bonchev–Trinajstić information content (AvgIpc) is 3.72. The predicted octanol–water partition coefficient (Wildman–Crippen LogP) is 12.8. The Labute approximate surface area is 301 Å². The molecule has 9 aromatic rings. The van der Waals surface area contributed by atoms with Gasteiger partial charge in [-0.1, -0.05) is 158 Å². The molecule has 0 fully saturated rings. The van der Waals surface area contributed by atoms with Crippen LogP contribution in [0.3, 0.4) is 0 Å². The summed E-state index contributed by atoms with van der Waals surface area (Å²) >= 11 is 1.86. The summed E-state index contributed by atoms with van der Waals surface area (Å²) in [5.74, 6) is 0.717. The highest BCUT2D eigenvalue weighted by molar-refractivity contribution is 7.26. The number of hydrogen-bond acceptors (Lipinski definition) is 3. The fourth-order valence-electron chi connectivity index (χ4n) is 8.02. The number of benzene rings is 7. The summed E-state index contributed by atoms with van der Waals surface area (Å²) in [6, 6.07) is 63.2. The summed E-state index contributed by atoms with van der Waals surface area (Å²) < 4.78 is 2.62. The first-order chi connectivity index (χ1) is 25.1. The van der Waals surface area contributed by atoms with E-state index in [1.807, 2.05) is 29.5 Å². The smallest absolute Gasteiger partial charge is 0.160 e. The van der Waals surface area contributed by atoms with Gasteiger partial charge in [-0.2, -0.15) is 0 Å². The van der Waals surface area contributed by atoms with Crippen LogP contribution in [0.25, 0.3) is 76.3 Å². The molecule has 240 valence electrons. The van der Waals surface area contributed by atoms with E-state index in [2.05, 4.69) is 165 Å². The minimum absolute atomic E-state index is 0.241. The fraction of sp³-hybridized carbons (Fsp3) is 0.0417. The first-order valence-electron chi connectivity index (χ1n) is 17.4. The van der Waals surface area contributed by atoms with Gasteiger partial charge in [-0.05, 0) is 64.1 Å². The van der Waals surface area contributed by atoms with Gasteiger partial charge in [-0.25, -0.2) is 9.97 Å². The lowest BCUT2D eigenvalue weighted by Crippen LogP contribution is -2.22. The van der Waals surface area contributed by atoms with Gasteiger partial charge in [0.25, 0.3) is 0 Å². The van der Waals surface area contributed by atoms with E-state index in [4.69, 9.17) is 9.97 Å². The molecule has 0 N–H and O–H groups in total. The lowest BCUT2D eigenvalue weighted by Gasteiger charge is -2.28. The highest BCUT2D eigenvalue weighted by Crippen LogP contribution is 2.52. The first-order valence-corrected chi connectivity index (χ1v) is 18.2. The number of aromatic nitrogens is 2. The first kappa shape index (κ1) is 29.7. The van der Waals surface area contributed by atoms with Gasteiger partial charge < -0.3 is 0 Å². The van der Waals surface area contributed by atoms with Gasteiger partial charge in [0.05, 0.1) is 11.4 Å². The SMILES string of the molecule is CC1(c2ccc(-c3cc(-c4cccc(-c5cccc6c5sc5ccccc56)c4)nc(-c4ccccc4)n3)cc2)c2ccccc2-c2ccccc21. The van der Waals surface area contributed by atoms with Gasteiger partial charge in [0.2, 0.25) is 0 Å². The molecule has 2 aromatic heterocycles. The van der Waals surface area contributed by atoms with Crippen molar-refractivity contribution in [3.8, 4) is 56.2 Å². The van der Waals surface area contributed by atoms with Gasteiger partial charge in [-0.15, -0.1) is 11.3 Å². The number of nitrogens with zero attached hydrogens (tertiary/aromatic N) is 2. The van der Waals surface area contributed by atoms with E-state index in [9.17, 15) is 0 Å². The minimum atomic E-state index is -0.241. The summed E-state index contributed by atoms with van der Waals surface area (Å²) in [5.41, 5.74) is 13.7. The number of hydrogen-bond donors (Lipinski definition) is 0. The molecule has 0 bridgehead atoms. The molecular formula is C48H32N2S. The van der Waals surface area contributed by atoms with Crippen LogP contribution < -0.4 is 0 Å². The number of thiophene rings is 1. The Bertz CT molecular complexity index is 2710. The summed E-state index contributed by atoms with van der Waals surface area (Å²) in [6.07, 6.45) is 0. The lowest BCUT2D eigenvalue weighted by atomic mass is 9.74. The third-order valence-corrected chi connectivity index (χ3v) is 11.8. The van der Waals surface area contributed by atoms with Gasteiger partial charge in [0.15, 0.2) is 5.82 Å². The van der Waals surface area contributed by atoms with Crippen LogP contribution in [0, 0.1) is 0 Å². The number of rotatable bonds is 5. The monoisotopic (exact) mass is 668 g/mol. The van der Waals surface area contributed by atoms with Crippen LogP contribution in [0.15, 0.2) is 176 Å². The van der Waals surface area contributed by atoms with Crippen molar-refractivity contribution in [3.05, 3.63) is 193 Å². The Balaban J connectivity index is 1.08. The molecule has 2 heterocycles. The Kier molecular flexibility index (Phi) is 6.83. The highest BCUT2D eigenvalue weighted by atomic mass is 32.1. The molecule has 7 aromatic carbocycles. The molecule has 0 amide bonds. The number of fused-ring (bicyclic) bond motifs is 6. The fourth-order valence-corrected chi connectivity index (χ4v) is 9.26. The lowest BCUT2D eigenvalue weighted by molar-refractivity contribution is 0.714. The van der Waals surface area contributed by atoms with E-state index < -0.39 is 0 Å². The van der Waals surface area contributed by atoms with E-state index in [0.717, 1.165) is 33.9 Å². The molecule has 0 unspecified atom stereocenters. The van der Waals surface area contributed by atoms with E-state index in [1.165, 1.54) is 59.1 Å². The van der Waals surface area contributed by atoms with E-state index >= 15 is 0 Å². The third kappa shape index (κ3) is 4.77. The minimum Gasteiger partial charge on any atom is -0.228 e. The Morgan fingerprint density at radius 1 is 0.431 bits per heavy atom. The zero-order valence-corrected chi connectivity index (χ0v) is 28.9. The topological polar surface area (TPSA) is 25.8 Å². The summed E-state index contributed by atoms with van der Waals surface area (Å²) in [6.45, 7) is 2.36. The summed E-state index contributed by atoms with van der Waals surface area (Å²) in [5, 5.41) is 2.61. The zero-order chi connectivity index (χ0) is 33.9. The van der Waals surface area contributed by atoms with Crippen LogP contribution in [0.1, 0.15) is 23.6 Å². The van der Waals surface area contributed by atoms with Crippen molar-refractivity contribution in [2.45, 2.75) is 12.3 Å². The molecule has 10 rings (SSSR count). The molecule has 1 aliphatic rings. The van der Waals surface area contributed by atoms with Crippen LogP contribution in [-0.2, 0) is 5.41 Å². The predicted molar refractivity (Wildman–Crippen MR) is 214 cm³/mol.